The molecule has 8 heteroatoms. The fraction of sp³-hybridized carbons (Fsp3) is 0.355. The summed E-state index contributed by atoms with van der Waals surface area (Å²) in [6.07, 6.45) is 0.589. The van der Waals surface area contributed by atoms with Gasteiger partial charge in [-0.2, -0.15) is 0 Å². The maximum atomic E-state index is 14.0. The van der Waals surface area contributed by atoms with Crippen molar-refractivity contribution in [2.45, 2.75) is 58.5 Å². The number of benzene rings is 3. The van der Waals surface area contributed by atoms with Crippen LogP contribution in [0.5, 0.6) is 0 Å². The van der Waals surface area contributed by atoms with Gasteiger partial charge in [0.25, 0.3) is 10.0 Å². The van der Waals surface area contributed by atoms with Gasteiger partial charge in [-0.25, -0.2) is 8.42 Å². The zero-order valence-corrected chi connectivity index (χ0v) is 24.2. The molecule has 0 aliphatic heterocycles. The summed E-state index contributed by atoms with van der Waals surface area (Å²) in [5.74, 6) is -0.498. The molecule has 1 N–H and O–H groups in total. The van der Waals surface area contributed by atoms with Gasteiger partial charge in [0.05, 0.1) is 10.6 Å². The van der Waals surface area contributed by atoms with Crippen LogP contribution in [0.3, 0.4) is 0 Å². The van der Waals surface area contributed by atoms with E-state index in [9.17, 15) is 18.0 Å². The summed E-state index contributed by atoms with van der Waals surface area (Å²) in [7, 11) is -4.09. The fourth-order valence-electron chi connectivity index (χ4n) is 4.22. The second kappa shape index (κ2) is 13.4. The Morgan fingerprint density at radius 1 is 0.872 bits per heavy atom. The van der Waals surface area contributed by atoms with Crippen LogP contribution in [0, 0.1) is 12.8 Å². The van der Waals surface area contributed by atoms with E-state index in [4.69, 9.17) is 0 Å². The molecule has 0 spiro atoms. The van der Waals surface area contributed by atoms with E-state index in [-0.39, 0.29) is 23.3 Å². The van der Waals surface area contributed by atoms with Gasteiger partial charge < -0.3 is 10.2 Å². The molecule has 0 fully saturated rings. The van der Waals surface area contributed by atoms with Crippen LogP contribution < -0.4 is 9.62 Å². The lowest BCUT2D eigenvalue weighted by atomic mass is 10.1. The van der Waals surface area contributed by atoms with E-state index in [1.54, 1.807) is 43.3 Å². The van der Waals surface area contributed by atoms with Crippen molar-refractivity contribution < 1.29 is 18.0 Å². The highest BCUT2D eigenvalue weighted by Crippen LogP contribution is 2.28. The molecular weight excluding hydrogens is 510 g/mol. The first-order chi connectivity index (χ1) is 18.5. The molecule has 7 nitrogen and oxygen atoms in total. The normalized spacial score (nSPS) is 12.2. The largest absolute Gasteiger partial charge is 0.354 e. The van der Waals surface area contributed by atoms with Crippen LogP contribution in [0.1, 0.15) is 44.4 Å². The number of nitrogens with zero attached hydrogens (tertiary/aromatic N) is 2. The maximum absolute atomic E-state index is 14.0. The maximum Gasteiger partial charge on any atom is 0.264 e. The molecule has 0 heterocycles. The molecule has 3 aromatic carbocycles. The molecule has 0 aliphatic rings. The Morgan fingerprint density at radius 3 is 2.10 bits per heavy atom. The molecule has 0 saturated carbocycles. The number of sulfonamides is 1. The van der Waals surface area contributed by atoms with E-state index >= 15 is 0 Å². The third-order valence-electron chi connectivity index (χ3n) is 6.58. The van der Waals surface area contributed by atoms with Crippen molar-refractivity contribution in [1.29, 1.82) is 0 Å². The number of carbonyl (C=O) groups is 2. The molecular formula is C31H39N3O4S. The summed E-state index contributed by atoms with van der Waals surface area (Å²) in [6.45, 7) is 9.71. The Kier molecular flexibility index (Phi) is 10.3. The number of anilines is 1. The standard InChI is InChI=1S/C31H39N3O4S/c1-6-27-14-10-11-15-29(27)34(39(37,38)28-18-16-24(4)17-19-28)22-30(35)33(21-26-12-8-7-9-13-26)25(5)31(36)32-20-23(2)3/h7-19,23,25H,6,20-22H2,1-5H3,(H,32,36). The third-order valence-corrected chi connectivity index (χ3v) is 8.35. The van der Waals surface area contributed by atoms with Crippen molar-refractivity contribution in [1.82, 2.24) is 10.2 Å². The minimum absolute atomic E-state index is 0.101. The van der Waals surface area contributed by atoms with E-state index in [0.717, 1.165) is 16.7 Å². The van der Waals surface area contributed by atoms with Gasteiger partial charge in [-0.05, 0) is 55.5 Å². The van der Waals surface area contributed by atoms with E-state index in [1.165, 1.54) is 9.21 Å². The summed E-state index contributed by atoms with van der Waals surface area (Å²) in [5.41, 5.74) is 3.03. The molecule has 0 saturated heterocycles. The molecule has 0 radical (unpaired) electrons. The van der Waals surface area contributed by atoms with E-state index in [1.807, 2.05) is 70.2 Å². The predicted octanol–water partition coefficient (Wildman–Crippen LogP) is 4.94. The second-order valence-electron chi connectivity index (χ2n) is 10.1. The van der Waals surface area contributed by atoms with E-state index in [2.05, 4.69) is 5.32 Å². The van der Waals surface area contributed by atoms with Crippen molar-refractivity contribution in [2.24, 2.45) is 5.92 Å². The lowest BCUT2D eigenvalue weighted by Gasteiger charge is -2.32. The quantitative estimate of drug-likeness (QED) is 0.347. The number of aryl methyl sites for hydroxylation is 2. The molecule has 3 aromatic rings. The number of hydrogen-bond donors (Lipinski definition) is 1. The van der Waals surface area contributed by atoms with Gasteiger partial charge in [-0.3, -0.25) is 13.9 Å². The van der Waals surface area contributed by atoms with Gasteiger partial charge in [0, 0.05) is 13.1 Å². The van der Waals surface area contributed by atoms with Crippen LogP contribution in [-0.4, -0.2) is 44.3 Å². The van der Waals surface area contributed by atoms with Gasteiger partial charge in [0.2, 0.25) is 11.8 Å². The summed E-state index contributed by atoms with van der Waals surface area (Å²) < 4.78 is 29.1. The van der Waals surface area contributed by atoms with Crippen molar-refractivity contribution >= 4 is 27.5 Å². The van der Waals surface area contributed by atoms with Crippen molar-refractivity contribution in [3.8, 4) is 0 Å². The Hall–Kier alpha value is -3.65. The van der Waals surface area contributed by atoms with E-state index < -0.39 is 28.5 Å². The van der Waals surface area contributed by atoms with Crippen LogP contribution in [0.2, 0.25) is 0 Å². The molecule has 0 aliphatic carbocycles. The molecule has 1 atom stereocenters. The lowest BCUT2D eigenvalue weighted by Crippen LogP contribution is -2.51. The number of nitrogens with one attached hydrogen (secondary N) is 1. The predicted molar refractivity (Wildman–Crippen MR) is 156 cm³/mol. The number of carbonyl (C=O) groups excluding carboxylic acids is 2. The number of amides is 2. The molecule has 39 heavy (non-hydrogen) atoms. The summed E-state index contributed by atoms with van der Waals surface area (Å²) in [4.78, 5) is 28.6. The summed E-state index contributed by atoms with van der Waals surface area (Å²) in [6, 6.07) is 22.4. The number of para-hydroxylation sites is 1. The monoisotopic (exact) mass is 549 g/mol. The van der Waals surface area contributed by atoms with Crippen LogP contribution in [0.4, 0.5) is 5.69 Å². The summed E-state index contributed by atoms with van der Waals surface area (Å²) >= 11 is 0. The topological polar surface area (TPSA) is 86.8 Å². The smallest absolute Gasteiger partial charge is 0.264 e. The molecule has 0 bridgehead atoms. The highest BCUT2D eigenvalue weighted by Gasteiger charge is 2.33. The lowest BCUT2D eigenvalue weighted by molar-refractivity contribution is -0.139. The molecule has 1 unspecified atom stereocenters. The minimum atomic E-state index is -4.09. The van der Waals surface area contributed by atoms with Crippen LogP contribution in [0.15, 0.2) is 83.8 Å². The van der Waals surface area contributed by atoms with Crippen LogP contribution in [0.25, 0.3) is 0 Å². The Balaban J connectivity index is 2.03. The summed E-state index contributed by atoms with van der Waals surface area (Å²) in [5, 5.41) is 2.90. The highest BCUT2D eigenvalue weighted by molar-refractivity contribution is 7.92. The third kappa shape index (κ3) is 7.69. The Bertz CT molecular complexity index is 1360. The van der Waals surface area contributed by atoms with Crippen molar-refractivity contribution in [3.63, 3.8) is 0 Å². The van der Waals surface area contributed by atoms with Gasteiger partial charge in [-0.1, -0.05) is 87.0 Å². The van der Waals surface area contributed by atoms with Crippen molar-refractivity contribution in [2.75, 3.05) is 17.4 Å². The number of hydrogen-bond acceptors (Lipinski definition) is 4. The van der Waals surface area contributed by atoms with Gasteiger partial charge >= 0.3 is 0 Å². The minimum Gasteiger partial charge on any atom is -0.354 e. The average molecular weight is 550 g/mol. The number of rotatable bonds is 12. The van der Waals surface area contributed by atoms with Gasteiger partial charge in [-0.15, -0.1) is 0 Å². The van der Waals surface area contributed by atoms with E-state index in [0.29, 0.717) is 18.7 Å². The van der Waals surface area contributed by atoms with Crippen LogP contribution >= 0.6 is 0 Å². The second-order valence-corrected chi connectivity index (χ2v) is 12.0. The first-order valence-corrected chi connectivity index (χ1v) is 14.8. The zero-order valence-electron chi connectivity index (χ0n) is 23.4. The zero-order chi connectivity index (χ0) is 28.6. The first-order valence-electron chi connectivity index (χ1n) is 13.3. The fourth-order valence-corrected chi connectivity index (χ4v) is 5.67. The first kappa shape index (κ1) is 29.9. The average Bonchev–Trinajstić information content (AvgIpc) is 2.93. The molecule has 2 amide bonds. The molecule has 208 valence electrons. The highest BCUT2D eigenvalue weighted by atomic mass is 32.2. The molecule has 3 rings (SSSR count). The Morgan fingerprint density at radius 2 is 1.49 bits per heavy atom. The van der Waals surface area contributed by atoms with Crippen molar-refractivity contribution in [3.05, 3.63) is 95.6 Å². The van der Waals surface area contributed by atoms with Gasteiger partial charge in [0.1, 0.15) is 12.6 Å². The SMILES string of the molecule is CCc1ccccc1N(CC(=O)N(Cc1ccccc1)C(C)C(=O)NCC(C)C)S(=O)(=O)c1ccc(C)cc1. The van der Waals surface area contributed by atoms with Crippen LogP contribution in [-0.2, 0) is 32.6 Å². The Labute approximate surface area is 232 Å². The molecule has 0 aromatic heterocycles. The van der Waals surface area contributed by atoms with Gasteiger partial charge in [0.15, 0.2) is 0 Å².